The molecular weight excluding hydrogens is 334 g/mol. The Balaban J connectivity index is 1.90. The first-order valence-electron chi connectivity index (χ1n) is 8.04. The molecule has 1 fully saturated rings. The Labute approximate surface area is 152 Å². The predicted molar refractivity (Wildman–Crippen MR) is 104 cm³/mol. The van der Waals surface area contributed by atoms with Crippen LogP contribution in [0.2, 0.25) is 0 Å². The standard InChI is InChI=1S/C19H21N3O2S/c1-13(23)20-15-6-4-5-14(11-15)19-22(18(24)12-25-19)17-9-7-16(8-10-17)21(2)3/h4-11,19H,12H2,1-3H3,(H,20,23)/t19-/m0/s1. The zero-order valence-corrected chi connectivity index (χ0v) is 15.3. The van der Waals surface area contributed by atoms with Crippen molar-refractivity contribution in [2.75, 3.05) is 35.0 Å². The summed E-state index contributed by atoms with van der Waals surface area (Å²) in [6.07, 6.45) is 0. The lowest BCUT2D eigenvalue weighted by Crippen LogP contribution is -2.27. The summed E-state index contributed by atoms with van der Waals surface area (Å²) in [7, 11) is 3.98. The molecule has 1 atom stereocenters. The molecule has 0 aromatic heterocycles. The van der Waals surface area contributed by atoms with Crippen molar-refractivity contribution in [2.24, 2.45) is 0 Å². The van der Waals surface area contributed by atoms with Gasteiger partial charge in [0.15, 0.2) is 0 Å². The second kappa shape index (κ2) is 7.19. The highest BCUT2D eigenvalue weighted by Crippen LogP contribution is 2.42. The molecular formula is C19H21N3O2S. The smallest absolute Gasteiger partial charge is 0.238 e. The van der Waals surface area contributed by atoms with E-state index >= 15 is 0 Å². The number of amides is 2. The fourth-order valence-electron chi connectivity index (χ4n) is 2.83. The summed E-state index contributed by atoms with van der Waals surface area (Å²) in [5, 5.41) is 2.71. The Morgan fingerprint density at radius 1 is 1.20 bits per heavy atom. The van der Waals surface area contributed by atoms with Crippen LogP contribution in [0, 0.1) is 0 Å². The Morgan fingerprint density at radius 3 is 2.56 bits per heavy atom. The van der Waals surface area contributed by atoms with Gasteiger partial charge < -0.3 is 10.2 Å². The minimum atomic E-state index is -0.108. The first kappa shape index (κ1) is 17.4. The van der Waals surface area contributed by atoms with Crippen molar-refractivity contribution in [1.82, 2.24) is 0 Å². The highest BCUT2D eigenvalue weighted by molar-refractivity contribution is 8.00. The summed E-state index contributed by atoms with van der Waals surface area (Å²) in [6.45, 7) is 1.49. The van der Waals surface area contributed by atoms with Gasteiger partial charge in [-0.3, -0.25) is 14.5 Å². The molecule has 0 spiro atoms. The molecule has 0 saturated carbocycles. The second-order valence-corrected chi connectivity index (χ2v) is 7.21. The van der Waals surface area contributed by atoms with Crippen molar-refractivity contribution in [3.63, 3.8) is 0 Å². The van der Waals surface area contributed by atoms with Crippen molar-refractivity contribution >= 4 is 40.6 Å². The maximum atomic E-state index is 12.5. The quantitative estimate of drug-likeness (QED) is 0.912. The number of carbonyl (C=O) groups excluding carboxylic acids is 2. The molecule has 1 aliphatic rings. The molecule has 2 aromatic rings. The average Bonchev–Trinajstić information content (AvgIpc) is 2.96. The molecule has 0 bridgehead atoms. The van der Waals surface area contributed by atoms with E-state index in [1.54, 1.807) is 11.8 Å². The van der Waals surface area contributed by atoms with Gasteiger partial charge >= 0.3 is 0 Å². The fourth-order valence-corrected chi connectivity index (χ4v) is 4.00. The molecule has 3 rings (SSSR count). The lowest BCUT2D eigenvalue weighted by molar-refractivity contribution is -0.116. The third-order valence-electron chi connectivity index (χ3n) is 4.00. The summed E-state index contributed by atoms with van der Waals surface area (Å²) in [5.74, 6) is 0.436. The van der Waals surface area contributed by atoms with E-state index < -0.39 is 0 Å². The van der Waals surface area contributed by atoms with Gasteiger partial charge in [-0.2, -0.15) is 0 Å². The first-order valence-corrected chi connectivity index (χ1v) is 9.09. The molecule has 6 heteroatoms. The Hall–Kier alpha value is -2.47. The topological polar surface area (TPSA) is 52.7 Å². The molecule has 5 nitrogen and oxygen atoms in total. The summed E-state index contributed by atoms with van der Waals surface area (Å²) in [4.78, 5) is 27.6. The van der Waals surface area contributed by atoms with Crippen molar-refractivity contribution in [3.8, 4) is 0 Å². The van der Waals surface area contributed by atoms with E-state index in [4.69, 9.17) is 0 Å². The number of carbonyl (C=O) groups is 2. The lowest BCUT2D eigenvalue weighted by atomic mass is 10.1. The Kier molecular flexibility index (Phi) is 4.99. The van der Waals surface area contributed by atoms with Crippen molar-refractivity contribution < 1.29 is 9.59 Å². The number of anilines is 3. The van der Waals surface area contributed by atoms with Crippen LogP contribution in [0.15, 0.2) is 48.5 Å². The number of benzene rings is 2. The van der Waals surface area contributed by atoms with Gasteiger partial charge in [0.1, 0.15) is 5.37 Å². The molecule has 0 radical (unpaired) electrons. The fraction of sp³-hybridized carbons (Fsp3) is 0.263. The highest BCUT2D eigenvalue weighted by atomic mass is 32.2. The zero-order valence-electron chi connectivity index (χ0n) is 14.5. The van der Waals surface area contributed by atoms with Crippen LogP contribution in [0.3, 0.4) is 0 Å². The van der Waals surface area contributed by atoms with Crippen molar-refractivity contribution in [2.45, 2.75) is 12.3 Å². The summed E-state index contributed by atoms with van der Waals surface area (Å²) in [5.41, 5.74) is 3.72. The summed E-state index contributed by atoms with van der Waals surface area (Å²) in [6, 6.07) is 15.6. The van der Waals surface area contributed by atoms with Gasteiger partial charge in [0, 0.05) is 38.1 Å². The normalized spacial score (nSPS) is 16.8. The molecule has 1 heterocycles. The SMILES string of the molecule is CC(=O)Nc1cccc([C@@H]2SCC(=O)N2c2ccc(N(C)C)cc2)c1. The second-order valence-electron chi connectivity index (χ2n) is 6.14. The van der Waals surface area contributed by atoms with Gasteiger partial charge in [0.25, 0.3) is 0 Å². The third-order valence-corrected chi connectivity index (χ3v) is 5.22. The molecule has 1 aliphatic heterocycles. The predicted octanol–water partition coefficient (Wildman–Crippen LogP) is 3.49. The van der Waals surface area contributed by atoms with Gasteiger partial charge in [0.05, 0.1) is 5.75 Å². The monoisotopic (exact) mass is 355 g/mol. The highest BCUT2D eigenvalue weighted by Gasteiger charge is 2.34. The van der Waals surface area contributed by atoms with Gasteiger partial charge in [-0.15, -0.1) is 11.8 Å². The van der Waals surface area contributed by atoms with E-state index in [0.29, 0.717) is 5.75 Å². The number of hydrogen-bond acceptors (Lipinski definition) is 4. The number of hydrogen-bond donors (Lipinski definition) is 1. The van der Waals surface area contributed by atoms with E-state index in [1.807, 2.05) is 72.4 Å². The van der Waals surface area contributed by atoms with Crippen LogP contribution in [-0.2, 0) is 9.59 Å². The van der Waals surface area contributed by atoms with Gasteiger partial charge in [-0.1, -0.05) is 12.1 Å². The summed E-state index contributed by atoms with van der Waals surface area (Å²) >= 11 is 1.60. The Bertz CT molecular complexity index is 790. The van der Waals surface area contributed by atoms with Crippen LogP contribution in [-0.4, -0.2) is 31.7 Å². The van der Waals surface area contributed by atoms with Gasteiger partial charge in [0.2, 0.25) is 11.8 Å². The van der Waals surface area contributed by atoms with Crippen LogP contribution < -0.4 is 15.1 Å². The maximum Gasteiger partial charge on any atom is 0.238 e. The molecule has 1 N–H and O–H groups in total. The lowest BCUT2D eigenvalue weighted by Gasteiger charge is -2.25. The average molecular weight is 355 g/mol. The van der Waals surface area contributed by atoms with Gasteiger partial charge in [-0.25, -0.2) is 0 Å². The summed E-state index contributed by atoms with van der Waals surface area (Å²) < 4.78 is 0. The largest absolute Gasteiger partial charge is 0.378 e. The van der Waals surface area contributed by atoms with E-state index in [9.17, 15) is 9.59 Å². The van der Waals surface area contributed by atoms with Crippen molar-refractivity contribution in [1.29, 1.82) is 0 Å². The molecule has 0 aliphatic carbocycles. The third kappa shape index (κ3) is 3.79. The number of nitrogens with zero attached hydrogens (tertiary/aromatic N) is 2. The molecule has 130 valence electrons. The maximum absolute atomic E-state index is 12.5. The van der Waals surface area contributed by atoms with Crippen LogP contribution in [0.4, 0.5) is 17.1 Å². The first-order chi connectivity index (χ1) is 12.0. The Morgan fingerprint density at radius 2 is 1.92 bits per heavy atom. The van der Waals surface area contributed by atoms with E-state index in [0.717, 1.165) is 22.6 Å². The van der Waals surface area contributed by atoms with Crippen molar-refractivity contribution in [3.05, 3.63) is 54.1 Å². The molecule has 2 amide bonds. The van der Waals surface area contributed by atoms with Gasteiger partial charge in [-0.05, 0) is 42.0 Å². The van der Waals surface area contributed by atoms with Crippen LogP contribution in [0.25, 0.3) is 0 Å². The van der Waals surface area contributed by atoms with E-state index in [2.05, 4.69) is 5.32 Å². The molecule has 2 aromatic carbocycles. The van der Waals surface area contributed by atoms with E-state index in [-0.39, 0.29) is 17.2 Å². The van der Waals surface area contributed by atoms with E-state index in [1.165, 1.54) is 6.92 Å². The molecule has 25 heavy (non-hydrogen) atoms. The van der Waals surface area contributed by atoms with Crippen LogP contribution >= 0.6 is 11.8 Å². The number of thioether (sulfide) groups is 1. The van der Waals surface area contributed by atoms with Crippen LogP contribution in [0.1, 0.15) is 17.9 Å². The molecule has 1 saturated heterocycles. The number of rotatable bonds is 4. The molecule has 0 unspecified atom stereocenters. The zero-order chi connectivity index (χ0) is 18.0. The minimum Gasteiger partial charge on any atom is -0.378 e. The number of nitrogens with one attached hydrogen (secondary N) is 1. The minimum absolute atomic E-state index is 0.0913. The van der Waals surface area contributed by atoms with Crippen LogP contribution in [0.5, 0.6) is 0 Å².